The predicted molar refractivity (Wildman–Crippen MR) is 184 cm³/mol. The first kappa shape index (κ1) is 24.5. The zero-order chi connectivity index (χ0) is 29.5. The van der Waals surface area contributed by atoms with Crippen molar-refractivity contribution in [2.75, 3.05) is 0 Å². The van der Waals surface area contributed by atoms with Crippen LogP contribution in [0.2, 0.25) is 0 Å². The summed E-state index contributed by atoms with van der Waals surface area (Å²) in [5.74, 6) is 0.743. The van der Waals surface area contributed by atoms with Crippen LogP contribution in [0.5, 0.6) is 0 Å². The van der Waals surface area contributed by atoms with Crippen molar-refractivity contribution in [3.63, 3.8) is 0 Å². The van der Waals surface area contributed by atoms with Gasteiger partial charge in [0.25, 0.3) is 0 Å². The normalized spacial score (nSPS) is 15.1. The summed E-state index contributed by atoms with van der Waals surface area (Å²) in [6, 6.07) is 39.3. The highest BCUT2D eigenvalue weighted by molar-refractivity contribution is 6.13. The minimum absolute atomic E-state index is 0.304. The van der Waals surface area contributed by atoms with Crippen LogP contribution in [0.15, 0.2) is 144 Å². The topological polar surface area (TPSA) is 48.8 Å². The molecule has 0 amide bonds. The Hall–Kier alpha value is -5.94. The van der Waals surface area contributed by atoms with Gasteiger partial charge in [-0.1, -0.05) is 91.0 Å². The number of allylic oxidation sites excluding steroid dienone is 4. The van der Waals surface area contributed by atoms with E-state index in [2.05, 4.69) is 129 Å². The first-order valence-electron chi connectivity index (χ1n) is 15.4. The first-order chi connectivity index (χ1) is 22.3. The molecule has 0 saturated heterocycles. The second-order valence-corrected chi connectivity index (χ2v) is 11.8. The van der Waals surface area contributed by atoms with Crippen molar-refractivity contribution < 1.29 is 4.42 Å². The van der Waals surface area contributed by atoms with E-state index in [0.29, 0.717) is 11.6 Å². The van der Waals surface area contributed by atoms with Gasteiger partial charge in [-0.2, -0.15) is 0 Å². The van der Waals surface area contributed by atoms with Gasteiger partial charge in [0.15, 0.2) is 11.4 Å². The third-order valence-electron chi connectivity index (χ3n) is 9.36. The molecule has 0 N–H and O–H groups in total. The smallest absolute Gasteiger partial charge is 0.197 e. The number of rotatable bonds is 3. The molecule has 0 radical (unpaired) electrons. The second kappa shape index (κ2) is 9.28. The zero-order valence-electron chi connectivity index (χ0n) is 24.3. The van der Waals surface area contributed by atoms with Crippen LogP contribution in [-0.4, -0.2) is 19.1 Å². The number of fused-ring (bicyclic) bond motifs is 9. The number of hydrogen-bond donors (Lipinski definition) is 0. The monoisotopic (exact) mass is 578 g/mol. The van der Waals surface area contributed by atoms with Gasteiger partial charge in [0.2, 0.25) is 0 Å². The van der Waals surface area contributed by atoms with Gasteiger partial charge in [-0.15, -0.1) is 0 Å². The number of furan rings is 1. The van der Waals surface area contributed by atoms with Gasteiger partial charge < -0.3 is 8.98 Å². The molecule has 1 atom stereocenters. The van der Waals surface area contributed by atoms with Crippen molar-refractivity contribution in [3.8, 4) is 16.9 Å². The fourth-order valence-corrected chi connectivity index (χ4v) is 7.35. The number of benzene rings is 5. The lowest BCUT2D eigenvalue weighted by Crippen LogP contribution is -2.06. The van der Waals surface area contributed by atoms with Gasteiger partial charge in [-0.25, -0.2) is 9.97 Å². The summed E-state index contributed by atoms with van der Waals surface area (Å²) in [6.45, 7) is 0. The number of hydrogen-bond acceptors (Lipinski definition) is 3. The molecule has 212 valence electrons. The van der Waals surface area contributed by atoms with E-state index in [1.54, 1.807) is 6.33 Å². The Bertz CT molecular complexity index is 2700. The molecule has 0 bridgehead atoms. The van der Waals surface area contributed by atoms with E-state index >= 15 is 0 Å². The standard InChI is InChI=1S/C40H26N4O/c1-2-10-27(11-3-1)43-33-15-7-5-13-29(33)32-22-25(19-21-35(32)43)26-18-20-30-28-12-4-8-16-34(28)44(36(30)23-26)40-39-38(41-24-42-40)31-14-6-9-17-37(31)45-39/h1-10,12-24,27H,11H2. The zero-order valence-corrected chi connectivity index (χ0v) is 24.3. The third kappa shape index (κ3) is 3.49. The average Bonchev–Trinajstić information content (AvgIpc) is 3.76. The molecule has 0 fully saturated rings. The fourth-order valence-electron chi connectivity index (χ4n) is 7.35. The summed E-state index contributed by atoms with van der Waals surface area (Å²) in [5, 5.41) is 5.89. The van der Waals surface area contributed by atoms with Crippen LogP contribution < -0.4 is 0 Å². The van der Waals surface area contributed by atoms with E-state index in [-0.39, 0.29) is 0 Å². The maximum Gasteiger partial charge on any atom is 0.197 e. The molecule has 1 aliphatic rings. The summed E-state index contributed by atoms with van der Waals surface area (Å²) in [4.78, 5) is 9.44. The molecule has 45 heavy (non-hydrogen) atoms. The van der Waals surface area contributed by atoms with E-state index < -0.39 is 0 Å². The molecule has 5 nitrogen and oxygen atoms in total. The second-order valence-electron chi connectivity index (χ2n) is 11.8. The highest BCUT2D eigenvalue weighted by atomic mass is 16.3. The first-order valence-corrected chi connectivity index (χ1v) is 15.4. The molecule has 4 heterocycles. The number of nitrogens with zero attached hydrogens (tertiary/aromatic N) is 4. The van der Waals surface area contributed by atoms with Crippen LogP contribution in [0.3, 0.4) is 0 Å². The van der Waals surface area contributed by atoms with Crippen LogP contribution in [0, 0.1) is 0 Å². The Balaban J connectivity index is 1.22. The Morgan fingerprint density at radius 3 is 2.18 bits per heavy atom. The molecule has 10 rings (SSSR count). The molecule has 9 aromatic rings. The van der Waals surface area contributed by atoms with E-state index in [1.165, 1.54) is 38.1 Å². The van der Waals surface area contributed by atoms with Crippen molar-refractivity contribution in [2.45, 2.75) is 12.5 Å². The molecule has 1 aliphatic carbocycles. The van der Waals surface area contributed by atoms with Gasteiger partial charge in [0.05, 0.1) is 17.1 Å². The fraction of sp³-hybridized carbons (Fsp3) is 0.0500. The van der Waals surface area contributed by atoms with E-state index in [1.807, 2.05) is 18.2 Å². The highest BCUT2D eigenvalue weighted by Crippen LogP contribution is 2.40. The molecule has 5 aromatic carbocycles. The lowest BCUT2D eigenvalue weighted by molar-refractivity contribution is 0.648. The number of para-hydroxylation sites is 3. The lowest BCUT2D eigenvalue weighted by atomic mass is 10.0. The maximum atomic E-state index is 6.40. The summed E-state index contributed by atoms with van der Waals surface area (Å²) in [6.07, 6.45) is 11.5. The van der Waals surface area contributed by atoms with Gasteiger partial charge >= 0.3 is 0 Å². The lowest BCUT2D eigenvalue weighted by Gasteiger charge is -2.18. The van der Waals surface area contributed by atoms with Gasteiger partial charge in [0, 0.05) is 38.0 Å². The molecular weight excluding hydrogens is 552 g/mol. The van der Waals surface area contributed by atoms with Crippen LogP contribution in [0.1, 0.15) is 12.5 Å². The molecule has 4 aromatic heterocycles. The molecule has 5 heteroatoms. The molecule has 0 saturated carbocycles. The van der Waals surface area contributed by atoms with Gasteiger partial charge in [-0.05, 0) is 60.0 Å². The van der Waals surface area contributed by atoms with Crippen molar-refractivity contribution in [1.29, 1.82) is 0 Å². The third-order valence-corrected chi connectivity index (χ3v) is 9.36. The maximum absolute atomic E-state index is 6.40. The highest BCUT2D eigenvalue weighted by Gasteiger charge is 2.21. The van der Waals surface area contributed by atoms with Crippen LogP contribution in [0.25, 0.3) is 82.6 Å². The molecular formula is C40H26N4O. The van der Waals surface area contributed by atoms with Crippen molar-refractivity contribution >= 4 is 65.7 Å². The summed E-state index contributed by atoms with van der Waals surface area (Å²) < 4.78 is 11.1. The minimum Gasteiger partial charge on any atom is -0.450 e. The van der Waals surface area contributed by atoms with E-state index in [0.717, 1.165) is 45.3 Å². The van der Waals surface area contributed by atoms with Crippen LogP contribution in [-0.2, 0) is 0 Å². The van der Waals surface area contributed by atoms with Gasteiger partial charge in [-0.3, -0.25) is 4.57 Å². The Labute approximate surface area is 258 Å². The van der Waals surface area contributed by atoms with Gasteiger partial charge in [0.1, 0.15) is 17.4 Å². The van der Waals surface area contributed by atoms with Crippen LogP contribution >= 0.6 is 0 Å². The van der Waals surface area contributed by atoms with E-state index in [4.69, 9.17) is 9.40 Å². The average molecular weight is 579 g/mol. The summed E-state index contributed by atoms with van der Waals surface area (Å²) in [5.41, 5.74) is 9.34. The Morgan fingerprint density at radius 2 is 1.31 bits per heavy atom. The van der Waals surface area contributed by atoms with Crippen molar-refractivity contribution in [2.24, 2.45) is 0 Å². The quantitative estimate of drug-likeness (QED) is 0.210. The Morgan fingerprint density at radius 1 is 0.600 bits per heavy atom. The minimum atomic E-state index is 0.304. The summed E-state index contributed by atoms with van der Waals surface area (Å²) >= 11 is 0. The largest absolute Gasteiger partial charge is 0.450 e. The van der Waals surface area contributed by atoms with Crippen molar-refractivity contribution in [1.82, 2.24) is 19.1 Å². The molecule has 1 unspecified atom stereocenters. The Kier molecular flexibility index (Phi) is 5.05. The van der Waals surface area contributed by atoms with E-state index in [9.17, 15) is 0 Å². The van der Waals surface area contributed by atoms with Crippen molar-refractivity contribution in [3.05, 3.63) is 140 Å². The number of aromatic nitrogens is 4. The SMILES string of the molecule is C1=CCC(n2c3ccccc3c3cc(-c4ccc5c6ccccc6n(-c6ncnc7c6oc6ccccc67)c5c4)ccc32)C=C1. The molecule has 0 spiro atoms. The molecule has 0 aliphatic heterocycles. The predicted octanol–water partition coefficient (Wildman–Crippen LogP) is 10.3. The summed E-state index contributed by atoms with van der Waals surface area (Å²) in [7, 11) is 0. The van der Waals surface area contributed by atoms with Crippen LogP contribution in [0.4, 0.5) is 0 Å².